The van der Waals surface area contributed by atoms with Crippen LogP contribution in [-0.2, 0) is 6.54 Å². The van der Waals surface area contributed by atoms with E-state index >= 15 is 0 Å². The number of aromatic nitrogens is 1. The van der Waals surface area contributed by atoms with E-state index in [1.165, 1.54) is 16.1 Å². The van der Waals surface area contributed by atoms with Gasteiger partial charge in [0.25, 0.3) is 0 Å². The van der Waals surface area contributed by atoms with Gasteiger partial charge in [0.2, 0.25) is 0 Å². The molecule has 0 radical (unpaired) electrons. The molecule has 8 heteroatoms. The predicted octanol–water partition coefficient (Wildman–Crippen LogP) is 3.93. The quantitative estimate of drug-likeness (QED) is 0.390. The number of nitrogens with one attached hydrogen (secondary N) is 1. The van der Waals surface area contributed by atoms with Crippen molar-refractivity contribution in [3.63, 3.8) is 0 Å². The van der Waals surface area contributed by atoms with Gasteiger partial charge >= 0.3 is 0 Å². The summed E-state index contributed by atoms with van der Waals surface area (Å²) in [4.78, 5) is 14.7. The van der Waals surface area contributed by atoms with Gasteiger partial charge < -0.3 is 15.1 Å². The number of thiazole rings is 1. The number of guanidine groups is 1. The van der Waals surface area contributed by atoms with Gasteiger partial charge in [0, 0.05) is 48.8 Å². The average Bonchev–Trinajstić information content (AvgIpc) is 3.03. The third-order valence-electron chi connectivity index (χ3n) is 4.55. The van der Waals surface area contributed by atoms with Gasteiger partial charge in [-0.25, -0.2) is 4.98 Å². The summed E-state index contributed by atoms with van der Waals surface area (Å²) in [6.45, 7) is 8.75. The Hall–Kier alpha value is -1.06. The summed E-state index contributed by atoms with van der Waals surface area (Å²) in [7, 11) is 1.84. The topological polar surface area (TPSA) is 43.8 Å². The third-order valence-corrected chi connectivity index (χ3v) is 5.72. The van der Waals surface area contributed by atoms with Crippen molar-refractivity contribution in [2.75, 3.05) is 38.1 Å². The van der Waals surface area contributed by atoms with Crippen LogP contribution in [0, 0.1) is 13.8 Å². The lowest BCUT2D eigenvalue weighted by Gasteiger charge is -2.38. The van der Waals surface area contributed by atoms with Crippen molar-refractivity contribution in [3.8, 4) is 0 Å². The maximum Gasteiger partial charge on any atom is 0.194 e. The molecule has 0 bridgehead atoms. The van der Waals surface area contributed by atoms with Gasteiger partial charge in [-0.05, 0) is 31.5 Å². The second kappa shape index (κ2) is 9.75. The largest absolute Gasteiger partial charge is 0.368 e. The standard InChI is InChI=1S/C18H24ClN5S.HI/c1-13-4-5-15(19)10-16(13)23-6-8-24(9-7-23)18(20-3)21-11-17-14(2)22-12-25-17;/h4-5,10,12H,6-9,11H2,1-3H3,(H,20,21);1H. The number of halogens is 2. The van der Waals surface area contributed by atoms with Crippen LogP contribution in [0.25, 0.3) is 0 Å². The summed E-state index contributed by atoms with van der Waals surface area (Å²) >= 11 is 7.85. The van der Waals surface area contributed by atoms with Gasteiger partial charge in [0.1, 0.15) is 0 Å². The van der Waals surface area contributed by atoms with Gasteiger partial charge in [-0.15, -0.1) is 35.3 Å². The first-order valence-electron chi connectivity index (χ1n) is 8.44. The van der Waals surface area contributed by atoms with E-state index in [1.54, 1.807) is 11.3 Å². The summed E-state index contributed by atoms with van der Waals surface area (Å²) in [5, 5.41) is 4.26. The van der Waals surface area contributed by atoms with Crippen molar-refractivity contribution < 1.29 is 0 Å². The molecule has 0 amide bonds. The van der Waals surface area contributed by atoms with Crippen molar-refractivity contribution in [2.24, 2.45) is 4.99 Å². The highest BCUT2D eigenvalue weighted by Gasteiger charge is 2.21. The van der Waals surface area contributed by atoms with E-state index in [-0.39, 0.29) is 24.0 Å². The minimum absolute atomic E-state index is 0. The number of piperazine rings is 1. The molecule has 0 unspecified atom stereocenters. The fourth-order valence-electron chi connectivity index (χ4n) is 3.07. The molecule has 1 aliphatic heterocycles. The molecule has 1 aromatic carbocycles. The second-order valence-electron chi connectivity index (χ2n) is 6.17. The number of anilines is 1. The number of hydrogen-bond acceptors (Lipinski definition) is 4. The lowest BCUT2D eigenvalue weighted by molar-refractivity contribution is 0.372. The van der Waals surface area contributed by atoms with Crippen LogP contribution in [0.15, 0.2) is 28.7 Å². The summed E-state index contributed by atoms with van der Waals surface area (Å²) in [5.74, 6) is 0.954. The molecule has 0 spiro atoms. The highest BCUT2D eigenvalue weighted by atomic mass is 127. The van der Waals surface area contributed by atoms with Crippen LogP contribution in [-0.4, -0.2) is 49.1 Å². The summed E-state index contributed by atoms with van der Waals surface area (Å²) < 4.78 is 0. The second-order valence-corrected chi connectivity index (χ2v) is 7.54. The Bertz CT molecular complexity index is 756. The minimum Gasteiger partial charge on any atom is -0.368 e. The lowest BCUT2D eigenvalue weighted by Crippen LogP contribution is -2.52. The molecule has 1 aromatic heterocycles. The Labute approximate surface area is 181 Å². The molecule has 2 aromatic rings. The predicted molar refractivity (Wildman–Crippen MR) is 122 cm³/mol. The van der Waals surface area contributed by atoms with E-state index in [2.05, 4.69) is 44.1 Å². The van der Waals surface area contributed by atoms with E-state index in [0.717, 1.165) is 49.4 Å². The number of benzene rings is 1. The third kappa shape index (κ3) is 5.01. The number of hydrogen-bond donors (Lipinski definition) is 1. The molecule has 0 aliphatic carbocycles. The highest BCUT2D eigenvalue weighted by Crippen LogP contribution is 2.25. The van der Waals surface area contributed by atoms with Gasteiger partial charge in [0.05, 0.1) is 17.7 Å². The van der Waals surface area contributed by atoms with E-state index in [9.17, 15) is 0 Å². The molecular weight excluding hydrogens is 481 g/mol. The summed E-state index contributed by atoms with van der Waals surface area (Å²) in [6.07, 6.45) is 0. The number of aryl methyl sites for hydroxylation is 2. The zero-order valence-corrected chi connectivity index (χ0v) is 19.2. The SMILES string of the molecule is CN=C(NCc1scnc1C)N1CCN(c2cc(Cl)ccc2C)CC1.I. The zero-order valence-electron chi connectivity index (χ0n) is 15.3. The molecule has 0 atom stereocenters. The van der Waals surface area contributed by atoms with Crippen molar-refractivity contribution in [1.82, 2.24) is 15.2 Å². The Morgan fingerprint density at radius 2 is 2.00 bits per heavy atom. The highest BCUT2D eigenvalue weighted by molar-refractivity contribution is 14.0. The van der Waals surface area contributed by atoms with Crippen LogP contribution < -0.4 is 10.2 Å². The molecule has 3 rings (SSSR count). The Morgan fingerprint density at radius 3 is 2.62 bits per heavy atom. The van der Waals surface area contributed by atoms with Crippen molar-refractivity contribution in [2.45, 2.75) is 20.4 Å². The fourth-order valence-corrected chi connectivity index (χ4v) is 3.95. The van der Waals surface area contributed by atoms with E-state index in [0.29, 0.717) is 0 Å². The van der Waals surface area contributed by atoms with E-state index in [4.69, 9.17) is 11.6 Å². The van der Waals surface area contributed by atoms with E-state index in [1.807, 2.05) is 25.5 Å². The van der Waals surface area contributed by atoms with Crippen LogP contribution in [0.3, 0.4) is 0 Å². The maximum atomic E-state index is 6.17. The van der Waals surface area contributed by atoms with Crippen molar-refractivity contribution in [1.29, 1.82) is 0 Å². The molecule has 1 fully saturated rings. The molecule has 1 aliphatic rings. The molecule has 5 nitrogen and oxygen atoms in total. The molecule has 2 heterocycles. The van der Waals surface area contributed by atoms with Crippen LogP contribution in [0.1, 0.15) is 16.1 Å². The van der Waals surface area contributed by atoms with Gasteiger partial charge in [-0.3, -0.25) is 4.99 Å². The van der Waals surface area contributed by atoms with Crippen LogP contribution in [0.2, 0.25) is 5.02 Å². The van der Waals surface area contributed by atoms with Gasteiger partial charge in [-0.2, -0.15) is 0 Å². The minimum atomic E-state index is 0. The van der Waals surface area contributed by atoms with Crippen LogP contribution in [0.4, 0.5) is 5.69 Å². The molecule has 26 heavy (non-hydrogen) atoms. The first kappa shape index (κ1) is 21.2. The van der Waals surface area contributed by atoms with Crippen molar-refractivity contribution in [3.05, 3.63) is 44.9 Å². The normalized spacial score (nSPS) is 15.0. The molecule has 142 valence electrons. The smallest absolute Gasteiger partial charge is 0.194 e. The zero-order chi connectivity index (χ0) is 17.8. The number of aliphatic imine (C=N–C) groups is 1. The molecule has 0 saturated carbocycles. The van der Waals surface area contributed by atoms with Crippen LogP contribution >= 0.6 is 46.9 Å². The number of rotatable bonds is 3. The Morgan fingerprint density at radius 1 is 1.27 bits per heavy atom. The lowest BCUT2D eigenvalue weighted by atomic mass is 10.1. The average molecular weight is 506 g/mol. The van der Waals surface area contributed by atoms with Crippen LogP contribution in [0.5, 0.6) is 0 Å². The van der Waals surface area contributed by atoms with E-state index < -0.39 is 0 Å². The Kier molecular flexibility index (Phi) is 7.97. The summed E-state index contributed by atoms with van der Waals surface area (Å²) in [5.41, 5.74) is 5.48. The number of nitrogens with zero attached hydrogens (tertiary/aromatic N) is 4. The first-order chi connectivity index (χ1) is 12.1. The molecule has 1 N–H and O–H groups in total. The van der Waals surface area contributed by atoms with Crippen molar-refractivity contribution >= 4 is 58.6 Å². The van der Waals surface area contributed by atoms with Gasteiger partial charge in [0.15, 0.2) is 5.96 Å². The Balaban J connectivity index is 0.00000243. The van der Waals surface area contributed by atoms with Gasteiger partial charge in [-0.1, -0.05) is 17.7 Å². The first-order valence-corrected chi connectivity index (χ1v) is 9.70. The molecule has 1 saturated heterocycles. The maximum absolute atomic E-state index is 6.17. The monoisotopic (exact) mass is 505 g/mol. The molecular formula is C18H25ClIN5S. The summed E-state index contributed by atoms with van der Waals surface area (Å²) in [6, 6.07) is 6.10. The fraction of sp³-hybridized carbons (Fsp3) is 0.444.